The molecule has 1 aromatic rings. The Bertz CT molecular complexity index is 398. The highest BCUT2D eigenvalue weighted by atomic mass is 16.5. The fraction of sp³-hybridized carbons (Fsp3) is 0.462. The number of rotatable bonds is 5. The Hall–Kier alpha value is -1.55. The Labute approximate surface area is 101 Å². The molecule has 0 radical (unpaired) electrons. The van der Waals surface area contributed by atoms with E-state index in [0.29, 0.717) is 17.2 Å². The van der Waals surface area contributed by atoms with Gasteiger partial charge < -0.3 is 14.9 Å². The van der Waals surface area contributed by atoms with E-state index in [2.05, 4.69) is 13.8 Å². The van der Waals surface area contributed by atoms with Gasteiger partial charge >= 0.3 is 5.97 Å². The van der Waals surface area contributed by atoms with E-state index in [1.165, 1.54) is 7.11 Å². The van der Waals surface area contributed by atoms with Gasteiger partial charge in [-0.05, 0) is 17.5 Å². The van der Waals surface area contributed by atoms with Gasteiger partial charge in [0.1, 0.15) is 11.7 Å². The molecule has 2 N–H and O–H groups in total. The summed E-state index contributed by atoms with van der Waals surface area (Å²) in [5, 5.41) is 18.1. The maximum atomic E-state index is 11.0. The average Bonchev–Trinajstić information content (AvgIpc) is 2.29. The third kappa shape index (κ3) is 2.97. The first-order valence-electron chi connectivity index (χ1n) is 5.52. The zero-order chi connectivity index (χ0) is 13.0. The van der Waals surface area contributed by atoms with Gasteiger partial charge in [-0.15, -0.1) is 0 Å². The number of methoxy groups -OCH3 is 1. The van der Waals surface area contributed by atoms with Crippen LogP contribution in [0.25, 0.3) is 0 Å². The van der Waals surface area contributed by atoms with Crippen LogP contribution in [0.3, 0.4) is 0 Å². The Morgan fingerprint density at radius 1 is 1.41 bits per heavy atom. The molecule has 0 fully saturated rings. The van der Waals surface area contributed by atoms with Crippen molar-refractivity contribution in [2.45, 2.75) is 25.7 Å². The quantitative estimate of drug-likeness (QED) is 0.823. The smallest absolute Gasteiger partial charge is 0.313 e. The highest BCUT2D eigenvalue weighted by Gasteiger charge is 2.22. The van der Waals surface area contributed by atoms with E-state index >= 15 is 0 Å². The molecule has 1 atom stereocenters. The highest BCUT2D eigenvalue weighted by molar-refractivity contribution is 5.77. The maximum absolute atomic E-state index is 11.0. The Morgan fingerprint density at radius 2 is 2.06 bits per heavy atom. The fourth-order valence-electron chi connectivity index (χ4n) is 1.68. The molecule has 4 nitrogen and oxygen atoms in total. The van der Waals surface area contributed by atoms with Crippen molar-refractivity contribution < 1.29 is 19.7 Å². The van der Waals surface area contributed by atoms with E-state index in [1.807, 2.05) is 12.1 Å². The van der Waals surface area contributed by atoms with Crippen LogP contribution < -0.4 is 4.74 Å². The molecule has 0 saturated heterocycles. The molecule has 1 aromatic carbocycles. The molecule has 94 valence electrons. The van der Waals surface area contributed by atoms with Crippen molar-refractivity contribution in [2.24, 2.45) is 0 Å². The average molecular weight is 238 g/mol. The normalized spacial score (nSPS) is 12.5. The summed E-state index contributed by atoms with van der Waals surface area (Å²) >= 11 is 0. The summed E-state index contributed by atoms with van der Waals surface area (Å²) in [4.78, 5) is 11.0. The Balaban J connectivity index is 3.20. The third-order valence-electron chi connectivity index (χ3n) is 2.78. The van der Waals surface area contributed by atoms with Gasteiger partial charge in [-0.3, -0.25) is 4.79 Å². The molecule has 1 rings (SSSR count). The first-order valence-corrected chi connectivity index (χ1v) is 5.52. The lowest BCUT2D eigenvalue weighted by molar-refractivity contribution is -0.139. The molecule has 0 aromatic heterocycles. The van der Waals surface area contributed by atoms with Crippen molar-refractivity contribution in [1.82, 2.24) is 0 Å². The van der Waals surface area contributed by atoms with Gasteiger partial charge in [0.2, 0.25) is 0 Å². The number of aliphatic carboxylic acids is 1. The summed E-state index contributed by atoms with van der Waals surface area (Å²) in [6.45, 7) is 3.66. The summed E-state index contributed by atoms with van der Waals surface area (Å²) in [5.41, 5.74) is 1.58. The van der Waals surface area contributed by atoms with Gasteiger partial charge in [0.05, 0.1) is 13.7 Å². The molecule has 0 saturated carbocycles. The number of carbonyl (C=O) groups is 1. The summed E-state index contributed by atoms with van der Waals surface area (Å²) in [5.74, 6) is -1.14. The van der Waals surface area contributed by atoms with Crippen molar-refractivity contribution in [1.29, 1.82) is 0 Å². The first-order chi connectivity index (χ1) is 8.01. The molecule has 0 amide bonds. The summed E-state index contributed by atoms with van der Waals surface area (Å²) in [6.07, 6.45) is 0. The second kappa shape index (κ2) is 5.68. The van der Waals surface area contributed by atoms with E-state index in [9.17, 15) is 4.79 Å². The van der Waals surface area contributed by atoms with E-state index in [4.69, 9.17) is 14.9 Å². The molecule has 0 aliphatic rings. The lowest BCUT2D eigenvalue weighted by Gasteiger charge is -2.16. The number of ether oxygens (including phenoxy) is 1. The predicted molar refractivity (Wildman–Crippen MR) is 64.5 cm³/mol. The molecule has 0 bridgehead atoms. The van der Waals surface area contributed by atoms with Gasteiger partial charge in [0, 0.05) is 5.56 Å². The minimum absolute atomic E-state index is 0.343. The largest absolute Gasteiger partial charge is 0.496 e. The summed E-state index contributed by atoms with van der Waals surface area (Å²) < 4.78 is 5.19. The number of hydrogen-bond donors (Lipinski definition) is 2. The zero-order valence-electron chi connectivity index (χ0n) is 10.3. The highest BCUT2D eigenvalue weighted by Crippen LogP contribution is 2.30. The molecule has 1 unspecified atom stereocenters. The van der Waals surface area contributed by atoms with Crippen LogP contribution in [0.1, 0.15) is 36.8 Å². The molecule has 0 heterocycles. The van der Waals surface area contributed by atoms with Gasteiger partial charge in [-0.2, -0.15) is 0 Å². The van der Waals surface area contributed by atoms with E-state index < -0.39 is 18.5 Å². The first kappa shape index (κ1) is 13.5. The van der Waals surface area contributed by atoms with Crippen molar-refractivity contribution in [3.8, 4) is 5.75 Å². The van der Waals surface area contributed by atoms with Gasteiger partial charge in [-0.1, -0.05) is 26.0 Å². The van der Waals surface area contributed by atoms with Gasteiger partial charge in [-0.25, -0.2) is 0 Å². The fourth-order valence-corrected chi connectivity index (χ4v) is 1.68. The van der Waals surface area contributed by atoms with Crippen molar-refractivity contribution in [3.63, 3.8) is 0 Å². The summed E-state index contributed by atoms with van der Waals surface area (Å²) in [6, 6.07) is 5.41. The SMILES string of the molecule is COc1cc(C(C)C)ccc1C(CO)C(=O)O. The molecular formula is C13H18O4. The zero-order valence-corrected chi connectivity index (χ0v) is 10.3. The van der Waals surface area contributed by atoms with Crippen LogP contribution in [0.15, 0.2) is 18.2 Å². The number of aliphatic hydroxyl groups excluding tert-OH is 1. The van der Waals surface area contributed by atoms with Gasteiger partial charge in [0.25, 0.3) is 0 Å². The van der Waals surface area contributed by atoms with Crippen LogP contribution in [0, 0.1) is 0 Å². The lowest BCUT2D eigenvalue weighted by Crippen LogP contribution is -2.16. The molecule has 17 heavy (non-hydrogen) atoms. The predicted octanol–water partition coefficient (Wildman–Crippen LogP) is 1.98. The van der Waals surface area contributed by atoms with Crippen molar-refractivity contribution in [2.75, 3.05) is 13.7 Å². The van der Waals surface area contributed by atoms with Crippen LogP contribution in [-0.2, 0) is 4.79 Å². The minimum Gasteiger partial charge on any atom is -0.496 e. The van der Waals surface area contributed by atoms with E-state index in [-0.39, 0.29) is 0 Å². The second-order valence-electron chi connectivity index (χ2n) is 4.23. The van der Waals surface area contributed by atoms with Crippen LogP contribution in [0.2, 0.25) is 0 Å². The number of carboxylic acids is 1. The van der Waals surface area contributed by atoms with Gasteiger partial charge in [0.15, 0.2) is 0 Å². The maximum Gasteiger partial charge on any atom is 0.313 e. The van der Waals surface area contributed by atoms with Crippen molar-refractivity contribution in [3.05, 3.63) is 29.3 Å². The minimum atomic E-state index is -1.05. The topological polar surface area (TPSA) is 66.8 Å². The van der Waals surface area contributed by atoms with E-state index in [0.717, 1.165) is 5.56 Å². The number of benzene rings is 1. The molecule has 0 aliphatic heterocycles. The van der Waals surface area contributed by atoms with Crippen molar-refractivity contribution >= 4 is 5.97 Å². The molecule has 0 spiro atoms. The third-order valence-corrected chi connectivity index (χ3v) is 2.78. The monoisotopic (exact) mass is 238 g/mol. The Kier molecular flexibility index (Phi) is 4.52. The number of carboxylic acid groups (broad SMARTS) is 1. The number of hydrogen-bond acceptors (Lipinski definition) is 3. The van der Waals surface area contributed by atoms with Crippen LogP contribution in [-0.4, -0.2) is 29.9 Å². The van der Waals surface area contributed by atoms with Crippen LogP contribution in [0.4, 0.5) is 0 Å². The van der Waals surface area contributed by atoms with E-state index in [1.54, 1.807) is 6.07 Å². The lowest BCUT2D eigenvalue weighted by atomic mass is 9.94. The second-order valence-corrected chi connectivity index (χ2v) is 4.23. The standard InChI is InChI=1S/C13H18O4/c1-8(2)9-4-5-10(12(6-9)17-3)11(7-14)13(15)16/h4-6,8,11,14H,7H2,1-3H3,(H,15,16). The Morgan fingerprint density at radius 3 is 2.47 bits per heavy atom. The molecule has 0 aliphatic carbocycles. The van der Waals surface area contributed by atoms with Crippen LogP contribution in [0.5, 0.6) is 5.75 Å². The van der Waals surface area contributed by atoms with Crippen LogP contribution >= 0.6 is 0 Å². The molecule has 4 heteroatoms. The number of aliphatic hydroxyl groups is 1. The molecular weight excluding hydrogens is 220 g/mol. The summed E-state index contributed by atoms with van der Waals surface area (Å²) in [7, 11) is 1.50.